The number of carbonyl (C=O) groups excluding carboxylic acids is 1. The lowest BCUT2D eigenvalue weighted by molar-refractivity contribution is 0.0931. The van der Waals surface area contributed by atoms with Gasteiger partial charge in [-0.25, -0.2) is 18.5 Å². The van der Waals surface area contributed by atoms with Gasteiger partial charge in [-0.3, -0.25) is 9.36 Å². The lowest BCUT2D eigenvalue weighted by atomic mass is 10.3. The van der Waals surface area contributed by atoms with E-state index >= 15 is 0 Å². The zero-order valence-corrected chi connectivity index (χ0v) is 11.4. The lowest BCUT2D eigenvalue weighted by Crippen LogP contribution is -2.12. The predicted octanol–water partition coefficient (Wildman–Crippen LogP) is 0.547. The Morgan fingerprint density at radius 1 is 1.24 bits per heavy atom. The number of furan rings is 1. The molecule has 8 nitrogen and oxygen atoms in total. The number of sulfonamides is 1. The third kappa shape index (κ3) is 2.28. The van der Waals surface area contributed by atoms with E-state index in [9.17, 15) is 13.2 Å². The number of carbonyl (C=O) groups is 1. The molecule has 3 aromatic rings. The molecule has 2 aromatic heterocycles. The molecule has 0 amide bonds. The number of benzene rings is 1. The normalized spacial score (nSPS) is 11.9. The van der Waals surface area contributed by atoms with Crippen LogP contribution in [0.25, 0.3) is 11.0 Å². The molecule has 4 N–H and O–H groups in total. The first-order chi connectivity index (χ1) is 9.86. The fourth-order valence-corrected chi connectivity index (χ4v) is 2.36. The van der Waals surface area contributed by atoms with Crippen molar-refractivity contribution in [2.75, 3.05) is 5.73 Å². The molecule has 0 aliphatic rings. The van der Waals surface area contributed by atoms with Crippen LogP contribution in [-0.4, -0.2) is 23.9 Å². The van der Waals surface area contributed by atoms with Gasteiger partial charge in [-0.05, 0) is 30.3 Å². The summed E-state index contributed by atoms with van der Waals surface area (Å²) in [6.07, 6.45) is 1.31. The summed E-state index contributed by atoms with van der Waals surface area (Å²) in [4.78, 5) is 16.4. The minimum Gasteiger partial charge on any atom is -0.438 e. The van der Waals surface area contributed by atoms with Crippen molar-refractivity contribution < 1.29 is 17.6 Å². The SMILES string of the molecule is Nc1ccc2c(c1)ncn2C(=O)c1ccc(S(N)(=O)=O)o1. The minimum atomic E-state index is -3.99. The number of fused-ring (bicyclic) bond motifs is 1. The first-order valence-corrected chi connectivity index (χ1v) is 7.31. The number of nitrogen functional groups attached to an aromatic ring is 1. The van der Waals surface area contributed by atoms with E-state index in [1.54, 1.807) is 18.2 Å². The molecule has 0 aliphatic heterocycles. The van der Waals surface area contributed by atoms with E-state index in [0.29, 0.717) is 16.7 Å². The fourth-order valence-electron chi connectivity index (χ4n) is 1.90. The second-order valence-electron chi connectivity index (χ2n) is 4.33. The Kier molecular flexibility index (Phi) is 2.81. The van der Waals surface area contributed by atoms with Crippen molar-refractivity contribution in [1.29, 1.82) is 0 Å². The van der Waals surface area contributed by atoms with Crippen LogP contribution in [-0.2, 0) is 10.0 Å². The molecule has 0 spiro atoms. The van der Waals surface area contributed by atoms with Gasteiger partial charge < -0.3 is 10.2 Å². The molecule has 0 aliphatic carbocycles. The van der Waals surface area contributed by atoms with Crippen molar-refractivity contribution >= 4 is 32.7 Å². The molecule has 0 radical (unpaired) electrons. The third-order valence-electron chi connectivity index (χ3n) is 2.86. The van der Waals surface area contributed by atoms with Crippen LogP contribution in [0.3, 0.4) is 0 Å². The number of nitrogens with two attached hydrogens (primary N) is 2. The number of anilines is 1. The Balaban J connectivity index is 2.07. The monoisotopic (exact) mass is 306 g/mol. The van der Waals surface area contributed by atoms with Crippen LogP contribution in [0.1, 0.15) is 10.6 Å². The van der Waals surface area contributed by atoms with Gasteiger partial charge in [0.2, 0.25) is 5.09 Å². The predicted molar refractivity (Wildman–Crippen MR) is 74.0 cm³/mol. The number of nitrogens with zero attached hydrogens (tertiary/aromatic N) is 2. The van der Waals surface area contributed by atoms with Gasteiger partial charge in [0, 0.05) is 5.69 Å². The standard InChI is InChI=1S/C12H10N4O4S/c13-7-1-2-9-8(5-7)15-6-16(9)12(17)10-3-4-11(20-10)21(14,18)19/h1-6H,13H2,(H2,14,18,19). The van der Waals surface area contributed by atoms with E-state index in [-0.39, 0.29) is 5.76 Å². The van der Waals surface area contributed by atoms with Crippen LogP contribution in [0.15, 0.2) is 46.2 Å². The molecular formula is C12H10N4O4S. The quantitative estimate of drug-likeness (QED) is 0.664. The molecule has 9 heteroatoms. The molecular weight excluding hydrogens is 296 g/mol. The molecule has 0 saturated carbocycles. The van der Waals surface area contributed by atoms with Gasteiger partial charge in [0.05, 0.1) is 11.0 Å². The summed E-state index contributed by atoms with van der Waals surface area (Å²) in [5, 5.41) is 4.46. The van der Waals surface area contributed by atoms with Crippen molar-refractivity contribution in [3.63, 3.8) is 0 Å². The van der Waals surface area contributed by atoms with E-state index in [1.807, 2.05) is 0 Å². The second kappa shape index (κ2) is 4.43. The van der Waals surface area contributed by atoms with Gasteiger partial charge >= 0.3 is 0 Å². The summed E-state index contributed by atoms with van der Waals surface area (Å²) >= 11 is 0. The first kappa shape index (κ1) is 13.3. The van der Waals surface area contributed by atoms with Crippen molar-refractivity contribution in [3.8, 4) is 0 Å². The maximum atomic E-state index is 12.3. The van der Waals surface area contributed by atoms with Crippen LogP contribution in [0.4, 0.5) is 5.69 Å². The van der Waals surface area contributed by atoms with Crippen LogP contribution < -0.4 is 10.9 Å². The number of imidazole rings is 1. The third-order valence-corrected chi connectivity index (χ3v) is 3.64. The van der Waals surface area contributed by atoms with Crippen LogP contribution in [0.5, 0.6) is 0 Å². The van der Waals surface area contributed by atoms with E-state index in [4.69, 9.17) is 15.3 Å². The summed E-state index contributed by atoms with van der Waals surface area (Å²) in [6, 6.07) is 7.26. The van der Waals surface area contributed by atoms with Crippen molar-refractivity contribution in [2.24, 2.45) is 5.14 Å². The van der Waals surface area contributed by atoms with Crippen LogP contribution in [0.2, 0.25) is 0 Å². The number of rotatable bonds is 2. The number of aromatic nitrogens is 2. The summed E-state index contributed by atoms with van der Waals surface area (Å²) in [5.74, 6) is -0.715. The van der Waals surface area contributed by atoms with E-state index in [2.05, 4.69) is 4.98 Å². The second-order valence-corrected chi connectivity index (χ2v) is 5.82. The summed E-state index contributed by atoms with van der Waals surface area (Å²) < 4.78 is 28.5. The Morgan fingerprint density at radius 2 is 2.00 bits per heavy atom. The maximum absolute atomic E-state index is 12.3. The van der Waals surface area contributed by atoms with Gasteiger partial charge in [-0.2, -0.15) is 0 Å². The molecule has 0 saturated heterocycles. The van der Waals surface area contributed by atoms with Gasteiger partial charge in [0.15, 0.2) is 5.76 Å². The number of hydrogen-bond donors (Lipinski definition) is 2. The molecule has 0 fully saturated rings. The molecule has 0 unspecified atom stereocenters. The van der Waals surface area contributed by atoms with E-state index in [1.165, 1.54) is 17.0 Å². The van der Waals surface area contributed by atoms with Gasteiger partial charge in [0.25, 0.3) is 15.9 Å². The molecule has 21 heavy (non-hydrogen) atoms. The van der Waals surface area contributed by atoms with E-state index in [0.717, 1.165) is 6.07 Å². The Bertz CT molecular complexity index is 955. The van der Waals surface area contributed by atoms with Crippen molar-refractivity contribution in [3.05, 3.63) is 42.4 Å². The molecule has 0 atom stereocenters. The van der Waals surface area contributed by atoms with E-state index < -0.39 is 21.0 Å². The van der Waals surface area contributed by atoms with Crippen molar-refractivity contribution in [1.82, 2.24) is 9.55 Å². The Labute approximate surface area is 119 Å². The molecule has 1 aromatic carbocycles. The summed E-state index contributed by atoms with van der Waals surface area (Å²) in [6.45, 7) is 0. The zero-order chi connectivity index (χ0) is 15.2. The molecule has 3 rings (SSSR count). The fraction of sp³-hybridized carbons (Fsp3) is 0. The summed E-state index contributed by atoms with van der Waals surface area (Å²) in [7, 11) is -3.99. The largest absolute Gasteiger partial charge is 0.438 e. The zero-order valence-electron chi connectivity index (χ0n) is 10.6. The smallest absolute Gasteiger partial charge is 0.299 e. The Hall–Kier alpha value is -2.65. The highest BCUT2D eigenvalue weighted by atomic mass is 32.2. The molecule has 0 bridgehead atoms. The number of primary sulfonamides is 1. The van der Waals surface area contributed by atoms with Gasteiger partial charge in [0.1, 0.15) is 6.33 Å². The van der Waals surface area contributed by atoms with Gasteiger partial charge in [-0.1, -0.05) is 0 Å². The summed E-state index contributed by atoms with van der Waals surface area (Å²) in [5.41, 5.74) is 7.23. The highest BCUT2D eigenvalue weighted by Gasteiger charge is 2.20. The van der Waals surface area contributed by atoms with Gasteiger partial charge in [-0.15, -0.1) is 0 Å². The first-order valence-electron chi connectivity index (χ1n) is 5.76. The average Bonchev–Trinajstić information content (AvgIpc) is 3.03. The highest BCUT2D eigenvalue weighted by Crippen LogP contribution is 2.19. The number of hydrogen-bond acceptors (Lipinski definition) is 6. The Morgan fingerprint density at radius 3 is 2.67 bits per heavy atom. The molecule has 2 heterocycles. The average molecular weight is 306 g/mol. The highest BCUT2D eigenvalue weighted by molar-refractivity contribution is 7.89. The van der Waals surface area contributed by atoms with Crippen LogP contribution >= 0.6 is 0 Å². The van der Waals surface area contributed by atoms with Crippen molar-refractivity contribution in [2.45, 2.75) is 5.09 Å². The topological polar surface area (TPSA) is 134 Å². The molecule has 108 valence electrons. The minimum absolute atomic E-state index is 0.157. The lowest BCUT2D eigenvalue weighted by Gasteiger charge is -2.00. The maximum Gasteiger partial charge on any atom is 0.299 e. The van der Waals surface area contributed by atoms with Crippen LogP contribution in [0, 0.1) is 0 Å².